The molecule has 0 amide bonds. The van der Waals surface area contributed by atoms with Crippen LogP contribution in [0.25, 0.3) is 0 Å². The molecule has 0 aliphatic rings. The maximum atomic E-state index is 13.3. The summed E-state index contributed by atoms with van der Waals surface area (Å²) < 4.78 is 26.7. The number of Topliss-reactive ketones (excluding diaryl/α,β-unsaturated/α-hetero) is 1. The van der Waals surface area contributed by atoms with E-state index in [2.05, 4.69) is 0 Å². The molecule has 2 N–H and O–H groups in total. The van der Waals surface area contributed by atoms with Crippen molar-refractivity contribution in [2.75, 3.05) is 32.8 Å². The van der Waals surface area contributed by atoms with Gasteiger partial charge in [0.25, 0.3) is 0 Å². The predicted octanol–water partition coefficient (Wildman–Crippen LogP) is 0.434. The van der Waals surface area contributed by atoms with Gasteiger partial charge < -0.3 is 10.2 Å². The van der Waals surface area contributed by atoms with Crippen LogP contribution in [0.15, 0.2) is 18.2 Å². The first-order valence-corrected chi connectivity index (χ1v) is 5.51. The Balaban J connectivity index is 2.80. The number of hydrogen-bond donors (Lipinski definition) is 2. The Hall–Kier alpha value is -1.37. The van der Waals surface area contributed by atoms with E-state index in [0.717, 1.165) is 12.1 Å². The number of aliphatic hydroxyl groups is 2. The molecule has 0 saturated carbocycles. The molecule has 1 aromatic rings. The van der Waals surface area contributed by atoms with E-state index in [1.807, 2.05) is 0 Å². The van der Waals surface area contributed by atoms with Gasteiger partial charge in [0.1, 0.15) is 11.6 Å². The first kappa shape index (κ1) is 14.7. The zero-order valence-corrected chi connectivity index (χ0v) is 9.77. The number of benzene rings is 1. The molecule has 0 unspecified atom stereocenters. The number of carbonyl (C=O) groups is 1. The second-order valence-electron chi connectivity index (χ2n) is 3.74. The molecule has 100 valence electrons. The molecule has 1 aromatic carbocycles. The minimum Gasteiger partial charge on any atom is -0.395 e. The molecule has 0 atom stereocenters. The van der Waals surface area contributed by atoms with Gasteiger partial charge in [0.2, 0.25) is 0 Å². The average Bonchev–Trinajstić information content (AvgIpc) is 2.29. The van der Waals surface area contributed by atoms with Gasteiger partial charge in [0.15, 0.2) is 5.78 Å². The Morgan fingerprint density at radius 1 is 1.11 bits per heavy atom. The van der Waals surface area contributed by atoms with Crippen molar-refractivity contribution in [3.63, 3.8) is 0 Å². The third-order valence-corrected chi connectivity index (χ3v) is 2.44. The molecule has 18 heavy (non-hydrogen) atoms. The standard InChI is InChI=1S/C12H15F2NO3/c13-9-2-1-3-10(14)12(9)11(18)8-15(4-6-16)5-7-17/h1-3,16-17H,4-8H2. The normalized spacial score (nSPS) is 10.9. The fourth-order valence-electron chi connectivity index (χ4n) is 1.60. The summed E-state index contributed by atoms with van der Waals surface area (Å²) in [4.78, 5) is 13.2. The van der Waals surface area contributed by atoms with Crippen LogP contribution in [-0.2, 0) is 0 Å². The van der Waals surface area contributed by atoms with E-state index >= 15 is 0 Å². The number of aliphatic hydroxyl groups excluding tert-OH is 2. The fourth-order valence-corrected chi connectivity index (χ4v) is 1.60. The fraction of sp³-hybridized carbons (Fsp3) is 0.417. The van der Waals surface area contributed by atoms with E-state index in [0.29, 0.717) is 0 Å². The average molecular weight is 259 g/mol. The Kier molecular flexibility index (Phi) is 5.84. The minimum atomic E-state index is -0.909. The van der Waals surface area contributed by atoms with Crippen LogP contribution in [-0.4, -0.2) is 53.7 Å². The van der Waals surface area contributed by atoms with Crippen molar-refractivity contribution in [2.24, 2.45) is 0 Å². The summed E-state index contributed by atoms with van der Waals surface area (Å²) in [7, 11) is 0. The van der Waals surface area contributed by atoms with Gasteiger partial charge in [-0.2, -0.15) is 0 Å². The summed E-state index contributed by atoms with van der Waals surface area (Å²) in [6, 6.07) is 3.21. The van der Waals surface area contributed by atoms with Crippen molar-refractivity contribution in [3.8, 4) is 0 Å². The highest BCUT2D eigenvalue weighted by atomic mass is 19.1. The largest absolute Gasteiger partial charge is 0.395 e. The molecule has 0 fully saturated rings. The van der Waals surface area contributed by atoms with Crippen LogP contribution in [0.2, 0.25) is 0 Å². The highest BCUT2D eigenvalue weighted by Gasteiger charge is 2.19. The van der Waals surface area contributed by atoms with Gasteiger partial charge in [-0.15, -0.1) is 0 Å². The number of carbonyl (C=O) groups excluding carboxylic acids is 1. The Morgan fingerprint density at radius 2 is 1.61 bits per heavy atom. The predicted molar refractivity (Wildman–Crippen MR) is 61.3 cm³/mol. The van der Waals surface area contributed by atoms with E-state index in [-0.39, 0.29) is 32.8 Å². The molecule has 6 heteroatoms. The number of nitrogens with zero attached hydrogens (tertiary/aromatic N) is 1. The summed E-state index contributed by atoms with van der Waals surface area (Å²) in [5.41, 5.74) is -0.585. The van der Waals surface area contributed by atoms with Gasteiger partial charge in [0, 0.05) is 13.1 Å². The number of halogens is 2. The van der Waals surface area contributed by atoms with Gasteiger partial charge in [-0.25, -0.2) is 8.78 Å². The Bertz CT molecular complexity index is 386. The van der Waals surface area contributed by atoms with Crippen molar-refractivity contribution >= 4 is 5.78 Å². The van der Waals surface area contributed by atoms with E-state index in [1.54, 1.807) is 0 Å². The molecular weight excluding hydrogens is 244 g/mol. The third kappa shape index (κ3) is 3.83. The van der Waals surface area contributed by atoms with Crippen LogP contribution >= 0.6 is 0 Å². The van der Waals surface area contributed by atoms with Gasteiger partial charge in [0.05, 0.1) is 25.3 Å². The Morgan fingerprint density at radius 3 is 2.06 bits per heavy atom. The summed E-state index contributed by atoms with van der Waals surface area (Å²) in [6.45, 7) is -0.343. The van der Waals surface area contributed by atoms with Crippen LogP contribution in [0.4, 0.5) is 8.78 Å². The van der Waals surface area contributed by atoms with Crippen molar-refractivity contribution in [3.05, 3.63) is 35.4 Å². The first-order chi connectivity index (χ1) is 8.60. The quantitative estimate of drug-likeness (QED) is 0.697. The second-order valence-corrected chi connectivity index (χ2v) is 3.74. The summed E-state index contributed by atoms with van der Waals surface area (Å²) in [5, 5.41) is 17.5. The van der Waals surface area contributed by atoms with Gasteiger partial charge in [-0.3, -0.25) is 9.69 Å². The van der Waals surface area contributed by atoms with Crippen molar-refractivity contribution in [2.45, 2.75) is 0 Å². The molecule has 0 heterocycles. The molecule has 4 nitrogen and oxygen atoms in total. The molecule has 0 aromatic heterocycles. The zero-order valence-electron chi connectivity index (χ0n) is 9.77. The van der Waals surface area contributed by atoms with Crippen LogP contribution < -0.4 is 0 Å². The lowest BCUT2D eigenvalue weighted by Crippen LogP contribution is -2.35. The van der Waals surface area contributed by atoms with E-state index in [1.165, 1.54) is 11.0 Å². The van der Waals surface area contributed by atoms with E-state index < -0.39 is 23.0 Å². The van der Waals surface area contributed by atoms with Crippen LogP contribution in [0.3, 0.4) is 0 Å². The van der Waals surface area contributed by atoms with Gasteiger partial charge in [-0.1, -0.05) is 6.07 Å². The third-order valence-electron chi connectivity index (χ3n) is 2.44. The first-order valence-electron chi connectivity index (χ1n) is 5.51. The highest BCUT2D eigenvalue weighted by Crippen LogP contribution is 2.13. The van der Waals surface area contributed by atoms with Crippen LogP contribution in [0.1, 0.15) is 10.4 Å². The summed E-state index contributed by atoms with van der Waals surface area (Å²) in [5.74, 6) is -2.53. The van der Waals surface area contributed by atoms with Crippen LogP contribution in [0.5, 0.6) is 0 Å². The Labute approximate surface area is 103 Å². The maximum absolute atomic E-state index is 13.3. The number of ketones is 1. The maximum Gasteiger partial charge on any atom is 0.182 e. The molecular formula is C12H15F2NO3. The lowest BCUT2D eigenvalue weighted by molar-refractivity contribution is 0.0886. The van der Waals surface area contributed by atoms with E-state index in [9.17, 15) is 13.6 Å². The number of rotatable bonds is 7. The molecule has 0 spiro atoms. The monoisotopic (exact) mass is 259 g/mol. The summed E-state index contributed by atoms with van der Waals surface area (Å²) >= 11 is 0. The molecule has 0 aliphatic heterocycles. The minimum absolute atomic E-state index is 0.155. The topological polar surface area (TPSA) is 60.8 Å². The highest BCUT2D eigenvalue weighted by molar-refractivity contribution is 5.98. The molecule has 0 radical (unpaired) electrons. The van der Waals surface area contributed by atoms with Gasteiger partial charge >= 0.3 is 0 Å². The van der Waals surface area contributed by atoms with Crippen molar-refractivity contribution in [1.29, 1.82) is 0 Å². The van der Waals surface area contributed by atoms with Crippen LogP contribution in [0, 0.1) is 11.6 Å². The molecule has 0 saturated heterocycles. The lowest BCUT2D eigenvalue weighted by atomic mass is 10.1. The smallest absolute Gasteiger partial charge is 0.182 e. The van der Waals surface area contributed by atoms with Crippen molar-refractivity contribution in [1.82, 2.24) is 4.90 Å². The zero-order chi connectivity index (χ0) is 13.5. The molecule has 0 bridgehead atoms. The SMILES string of the molecule is O=C(CN(CCO)CCO)c1c(F)cccc1F. The van der Waals surface area contributed by atoms with Crippen molar-refractivity contribution < 1.29 is 23.8 Å². The number of hydrogen-bond acceptors (Lipinski definition) is 4. The molecule has 0 aliphatic carbocycles. The second kappa shape index (κ2) is 7.15. The lowest BCUT2D eigenvalue weighted by Gasteiger charge is -2.19. The van der Waals surface area contributed by atoms with Gasteiger partial charge in [-0.05, 0) is 12.1 Å². The summed E-state index contributed by atoms with van der Waals surface area (Å²) in [6.07, 6.45) is 0. The van der Waals surface area contributed by atoms with E-state index in [4.69, 9.17) is 10.2 Å². The molecule has 1 rings (SSSR count).